The van der Waals surface area contributed by atoms with Crippen molar-refractivity contribution in [3.8, 4) is 11.1 Å². The number of aryl methyl sites for hydroxylation is 1. The predicted molar refractivity (Wildman–Crippen MR) is 88.8 cm³/mol. The molecule has 4 nitrogen and oxygen atoms in total. The molecule has 3 rings (SSSR count). The Morgan fingerprint density at radius 1 is 1.27 bits per heavy atom. The fourth-order valence-electron chi connectivity index (χ4n) is 2.80. The van der Waals surface area contributed by atoms with Crippen molar-refractivity contribution in [2.45, 2.75) is 32.6 Å². The number of pyridine rings is 1. The Hall–Kier alpha value is -2.20. The van der Waals surface area contributed by atoms with Crippen LogP contribution < -0.4 is 0 Å². The summed E-state index contributed by atoms with van der Waals surface area (Å²) in [7, 11) is 0. The van der Waals surface area contributed by atoms with Crippen LogP contribution in [0.4, 0.5) is 0 Å². The minimum absolute atomic E-state index is 0.143. The van der Waals surface area contributed by atoms with Crippen LogP contribution in [0.5, 0.6) is 0 Å². The van der Waals surface area contributed by atoms with E-state index in [1.54, 1.807) is 6.20 Å². The molecule has 0 fully saturated rings. The number of nitrogens with one attached hydrogen (secondary N) is 1. The second-order valence-electron chi connectivity index (χ2n) is 6.15. The number of nitrogens with zero attached hydrogens (tertiary/aromatic N) is 2. The summed E-state index contributed by atoms with van der Waals surface area (Å²) < 4.78 is 0. The number of benzene rings is 1. The molecule has 0 bridgehead atoms. The normalized spacial score (nSPS) is 14.2. The minimum atomic E-state index is -0.219. The smallest absolute Gasteiger partial charge is 0.155 e. The van der Waals surface area contributed by atoms with Crippen LogP contribution in [0, 0.1) is 6.92 Å². The third kappa shape index (κ3) is 2.40. The number of aromatic nitrogens is 3. The van der Waals surface area contributed by atoms with Crippen molar-refractivity contribution in [1.82, 2.24) is 15.2 Å². The van der Waals surface area contributed by atoms with E-state index in [1.165, 1.54) is 11.1 Å². The fraction of sp³-hybridized carbons (Fsp3) is 0.333. The molecular weight excluding hydrogens is 274 g/mol. The van der Waals surface area contributed by atoms with Gasteiger partial charge in [0.25, 0.3) is 0 Å². The average molecular weight is 295 g/mol. The molecule has 0 spiro atoms. The second-order valence-corrected chi connectivity index (χ2v) is 6.15. The van der Waals surface area contributed by atoms with Gasteiger partial charge >= 0.3 is 0 Å². The van der Waals surface area contributed by atoms with Crippen molar-refractivity contribution < 1.29 is 5.11 Å². The van der Waals surface area contributed by atoms with Gasteiger partial charge in [-0.05, 0) is 36.1 Å². The molecular formula is C18H21N3O. The van der Waals surface area contributed by atoms with Crippen LogP contribution in [0.25, 0.3) is 22.2 Å². The van der Waals surface area contributed by atoms with Crippen molar-refractivity contribution in [3.63, 3.8) is 0 Å². The molecule has 0 saturated carbocycles. The highest BCUT2D eigenvalue weighted by atomic mass is 16.3. The van der Waals surface area contributed by atoms with Gasteiger partial charge in [0.05, 0.1) is 12.8 Å². The summed E-state index contributed by atoms with van der Waals surface area (Å²) in [5, 5.41) is 17.8. The SMILES string of the molecule is CCC(C)(CO)c1cc(C)cc(-c2ccnc3[nH]ncc23)c1. The van der Waals surface area contributed by atoms with E-state index in [2.05, 4.69) is 54.2 Å². The molecule has 0 aliphatic rings. The number of aromatic amines is 1. The molecule has 2 heterocycles. The molecule has 4 heteroatoms. The summed E-state index contributed by atoms with van der Waals surface area (Å²) in [6.07, 6.45) is 4.50. The van der Waals surface area contributed by atoms with E-state index in [4.69, 9.17) is 0 Å². The minimum Gasteiger partial charge on any atom is -0.395 e. The molecule has 2 aromatic heterocycles. The highest BCUT2D eigenvalue weighted by Crippen LogP contribution is 2.33. The van der Waals surface area contributed by atoms with Crippen LogP contribution in [0.1, 0.15) is 31.4 Å². The first kappa shape index (κ1) is 14.7. The Labute approximate surface area is 130 Å². The number of rotatable bonds is 4. The fourth-order valence-corrected chi connectivity index (χ4v) is 2.80. The Kier molecular flexibility index (Phi) is 3.71. The molecule has 0 radical (unpaired) electrons. The van der Waals surface area contributed by atoms with Gasteiger partial charge in [-0.3, -0.25) is 5.10 Å². The van der Waals surface area contributed by atoms with Gasteiger partial charge in [-0.1, -0.05) is 37.6 Å². The third-order valence-electron chi connectivity index (χ3n) is 4.57. The molecule has 114 valence electrons. The first-order valence-corrected chi connectivity index (χ1v) is 7.59. The van der Waals surface area contributed by atoms with E-state index in [0.29, 0.717) is 0 Å². The predicted octanol–water partition coefficient (Wildman–Crippen LogP) is 3.59. The van der Waals surface area contributed by atoms with Crippen LogP contribution in [0.15, 0.2) is 36.7 Å². The van der Waals surface area contributed by atoms with Crippen molar-refractivity contribution in [1.29, 1.82) is 0 Å². The zero-order valence-electron chi connectivity index (χ0n) is 13.2. The Balaban J connectivity index is 2.20. The van der Waals surface area contributed by atoms with Crippen LogP contribution in [-0.4, -0.2) is 26.9 Å². The topological polar surface area (TPSA) is 61.8 Å². The van der Waals surface area contributed by atoms with Gasteiger partial charge in [0.2, 0.25) is 0 Å². The molecule has 2 N–H and O–H groups in total. The highest BCUT2D eigenvalue weighted by molar-refractivity contribution is 5.92. The lowest BCUT2D eigenvalue weighted by Gasteiger charge is -2.27. The molecule has 3 aromatic rings. The summed E-state index contributed by atoms with van der Waals surface area (Å²) in [4.78, 5) is 4.30. The van der Waals surface area contributed by atoms with Gasteiger partial charge in [-0.25, -0.2) is 4.98 Å². The van der Waals surface area contributed by atoms with E-state index in [0.717, 1.165) is 28.6 Å². The Bertz CT molecular complexity index is 803. The summed E-state index contributed by atoms with van der Waals surface area (Å²) >= 11 is 0. The second kappa shape index (κ2) is 5.54. The Morgan fingerprint density at radius 3 is 2.82 bits per heavy atom. The van der Waals surface area contributed by atoms with Gasteiger partial charge in [-0.15, -0.1) is 0 Å². The summed E-state index contributed by atoms with van der Waals surface area (Å²) in [6.45, 7) is 6.45. The zero-order chi connectivity index (χ0) is 15.7. The standard InChI is InChI=1S/C18H21N3O/c1-4-18(3,11-22)14-8-12(2)7-13(9-14)15-5-6-19-17-16(15)10-20-21-17/h5-10,22H,4,11H2,1-3H3,(H,19,20,21). The molecule has 1 unspecified atom stereocenters. The number of aliphatic hydroxyl groups is 1. The zero-order valence-corrected chi connectivity index (χ0v) is 13.2. The van der Waals surface area contributed by atoms with E-state index in [-0.39, 0.29) is 12.0 Å². The van der Waals surface area contributed by atoms with Crippen LogP contribution in [0.2, 0.25) is 0 Å². The molecule has 0 aliphatic heterocycles. The number of hydrogen-bond acceptors (Lipinski definition) is 3. The lowest BCUT2D eigenvalue weighted by atomic mass is 9.79. The van der Waals surface area contributed by atoms with E-state index in [1.807, 2.05) is 12.3 Å². The van der Waals surface area contributed by atoms with E-state index >= 15 is 0 Å². The lowest BCUT2D eigenvalue weighted by Crippen LogP contribution is -2.25. The molecule has 0 saturated heterocycles. The van der Waals surface area contributed by atoms with Crippen molar-refractivity contribution in [2.24, 2.45) is 0 Å². The summed E-state index contributed by atoms with van der Waals surface area (Å²) in [5.74, 6) is 0. The van der Waals surface area contributed by atoms with Crippen LogP contribution in [0.3, 0.4) is 0 Å². The maximum Gasteiger partial charge on any atom is 0.155 e. The highest BCUT2D eigenvalue weighted by Gasteiger charge is 2.24. The maximum absolute atomic E-state index is 9.80. The van der Waals surface area contributed by atoms with E-state index in [9.17, 15) is 5.11 Å². The molecule has 0 amide bonds. The number of aliphatic hydroxyl groups excluding tert-OH is 1. The van der Waals surface area contributed by atoms with Crippen molar-refractivity contribution >= 4 is 11.0 Å². The van der Waals surface area contributed by atoms with E-state index < -0.39 is 0 Å². The molecule has 22 heavy (non-hydrogen) atoms. The lowest BCUT2D eigenvalue weighted by molar-refractivity contribution is 0.201. The molecule has 0 aliphatic carbocycles. The maximum atomic E-state index is 9.80. The number of H-pyrrole nitrogens is 1. The van der Waals surface area contributed by atoms with Gasteiger partial charge in [0.15, 0.2) is 5.65 Å². The summed E-state index contributed by atoms with van der Waals surface area (Å²) in [6, 6.07) is 8.52. The first-order chi connectivity index (χ1) is 10.6. The first-order valence-electron chi connectivity index (χ1n) is 7.59. The van der Waals surface area contributed by atoms with Crippen molar-refractivity contribution in [3.05, 3.63) is 47.8 Å². The quantitative estimate of drug-likeness (QED) is 0.773. The number of hydrogen-bond donors (Lipinski definition) is 2. The molecule has 1 atom stereocenters. The van der Waals surface area contributed by atoms with Gasteiger partial charge in [0.1, 0.15) is 0 Å². The molecule has 1 aromatic carbocycles. The van der Waals surface area contributed by atoms with Gasteiger partial charge in [-0.2, -0.15) is 5.10 Å². The van der Waals surface area contributed by atoms with Gasteiger partial charge in [0, 0.05) is 17.0 Å². The average Bonchev–Trinajstić information content (AvgIpc) is 3.02. The third-order valence-corrected chi connectivity index (χ3v) is 4.57. The van der Waals surface area contributed by atoms with Crippen LogP contribution >= 0.6 is 0 Å². The summed E-state index contributed by atoms with van der Waals surface area (Å²) in [5.41, 5.74) is 5.18. The van der Waals surface area contributed by atoms with Gasteiger partial charge < -0.3 is 5.11 Å². The monoisotopic (exact) mass is 295 g/mol. The Morgan fingerprint density at radius 2 is 2.09 bits per heavy atom. The van der Waals surface area contributed by atoms with Crippen LogP contribution in [-0.2, 0) is 5.41 Å². The largest absolute Gasteiger partial charge is 0.395 e. The van der Waals surface area contributed by atoms with Crippen molar-refractivity contribution in [2.75, 3.05) is 6.61 Å². The number of fused-ring (bicyclic) bond motifs is 1.